The van der Waals surface area contributed by atoms with E-state index in [1.54, 1.807) is 22.9 Å². The van der Waals surface area contributed by atoms with E-state index < -0.39 is 0 Å². The molecule has 0 atom stereocenters. The quantitative estimate of drug-likeness (QED) is 0.573. The highest BCUT2D eigenvalue weighted by Crippen LogP contribution is 2.29. The Kier molecular flexibility index (Phi) is 7.29. The largest absolute Gasteiger partial charge is 0.485 e. The van der Waals surface area contributed by atoms with Crippen LogP contribution in [0.25, 0.3) is 11.1 Å². The third kappa shape index (κ3) is 5.85. The molecule has 2 heterocycles. The van der Waals surface area contributed by atoms with Gasteiger partial charge in [0.25, 0.3) is 5.91 Å². The van der Waals surface area contributed by atoms with Crippen LogP contribution in [0.4, 0.5) is 5.82 Å². The fourth-order valence-corrected chi connectivity index (χ4v) is 4.20. The first-order chi connectivity index (χ1) is 17.1. The molecular weight excluding hydrogens is 452 g/mol. The lowest BCUT2D eigenvalue weighted by molar-refractivity contribution is -0.130. The standard InChI is InChI=1S/C29H34N4O3/c1-20(34)32-13-15-33(16-14-32)28(35)23-9-7-22(8-10-23)24-17-26(27(30)31-18-24)36-19-21-5-11-25(12-6-21)29(2,3)4/h5-12,17-18H,13-16,19H2,1-4H3,(H2,30,31). The molecule has 36 heavy (non-hydrogen) atoms. The van der Waals surface area contributed by atoms with Crippen LogP contribution in [-0.4, -0.2) is 52.8 Å². The van der Waals surface area contributed by atoms with E-state index in [0.29, 0.717) is 49.9 Å². The number of hydrogen-bond acceptors (Lipinski definition) is 5. The van der Waals surface area contributed by atoms with Crippen molar-refractivity contribution < 1.29 is 14.3 Å². The maximum absolute atomic E-state index is 12.9. The highest BCUT2D eigenvalue weighted by Gasteiger charge is 2.23. The summed E-state index contributed by atoms with van der Waals surface area (Å²) in [7, 11) is 0. The Balaban J connectivity index is 1.41. The fourth-order valence-electron chi connectivity index (χ4n) is 4.20. The zero-order chi connectivity index (χ0) is 25.9. The first kappa shape index (κ1) is 25.2. The lowest BCUT2D eigenvalue weighted by Crippen LogP contribution is -2.50. The molecule has 2 amide bonds. The van der Waals surface area contributed by atoms with Gasteiger partial charge in [-0.05, 0) is 40.3 Å². The molecule has 1 aliphatic rings. The summed E-state index contributed by atoms with van der Waals surface area (Å²) in [5, 5.41) is 0. The molecule has 0 unspecified atom stereocenters. The molecule has 0 bridgehead atoms. The highest BCUT2D eigenvalue weighted by atomic mass is 16.5. The Labute approximate surface area is 212 Å². The van der Waals surface area contributed by atoms with Crippen molar-refractivity contribution in [3.05, 3.63) is 77.5 Å². The van der Waals surface area contributed by atoms with E-state index in [1.165, 1.54) is 5.56 Å². The summed E-state index contributed by atoms with van der Waals surface area (Å²) >= 11 is 0. The summed E-state index contributed by atoms with van der Waals surface area (Å²) in [5.74, 6) is 0.879. The smallest absolute Gasteiger partial charge is 0.253 e. The molecule has 7 nitrogen and oxygen atoms in total. The number of nitrogen functional groups attached to an aromatic ring is 1. The van der Waals surface area contributed by atoms with Gasteiger partial charge < -0.3 is 20.3 Å². The second-order valence-corrected chi connectivity index (χ2v) is 10.2. The van der Waals surface area contributed by atoms with E-state index in [2.05, 4.69) is 50.0 Å². The van der Waals surface area contributed by atoms with Crippen LogP contribution in [0.2, 0.25) is 0 Å². The number of amides is 2. The molecule has 0 aliphatic carbocycles. The van der Waals surface area contributed by atoms with Crippen LogP contribution in [0.3, 0.4) is 0 Å². The van der Waals surface area contributed by atoms with Crippen LogP contribution in [0.15, 0.2) is 60.8 Å². The number of anilines is 1. The Hall–Kier alpha value is -3.87. The summed E-state index contributed by atoms with van der Waals surface area (Å²) < 4.78 is 6.00. The van der Waals surface area contributed by atoms with Gasteiger partial charge in [-0.25, -0.2) is 4.98 Å². The molecule has 4 rings (SSSR count). The van der Waals surface area contributed by atoms with Crippen molar-refractivity contribution in [1.29, 1.82) is 0 Å². The second-order valence-electron chi connectivity index (χ2n) is 10.2. The van der Waals surface area contributed by atoms with E-state index in [-0.39, 0.29) is 17.2 Å². The average Bonchev–Trinajstić information content (AvgIpc) is 2.87. The van der Waals surface area contributed by atoms with Gasteiger partial charge in [0.15, 0.2) is 11.6 Å². The maximum atomic E-state index is 12.9. The molecule has 1 aromatic heterocycles. The van der Waals surface area contributed by atoms with Crippen LogP contribution in [0.5, 0.6) is 5.75 Å². The molecule has 0 radical (unpaired) electrons. The molecule has 2 N–H and O–H groups in total. The Bertz CT molecular complexity index is 1220. The molecular formula is C29H34N4O3. The SMILES string of the molecule is CC(=O)N1CCN(C(=O)c2ccc(-c3cnc(N)c(OCc4ccc(C(C)(C)C)cc4)c3)cc2)CC1. The number of aromatic nitrogens is 1. The number of nitrogens with zero attached hydrogens (tertiary/aromatic N) is 3. The van der Waals surface area contributed by atoms with Gasteiger partial charge in [0.2, 0.25) is 5.91 Å². The zero-order valence-corrected chi connectivity index (χ0v) is 21.5. The molecule has 0 saturated carbocycles. The third-order valence-corrected chi connectivity index (χ3v) is 6.57. The number of carbonyl (C=O) groups is 2. The fraction of sp³-hybridized carbons (Fsp3) is 0.345. The third-order valence-electron chi connectivity index (χ3n) is 6.57. The van der Waals surface area contributed by atoms with Crippen LogP contribution < -0.4 is 10.5 Å². The highest BCUT2D eigenvalue weighted by molar-refractivity contribution is 5.95. The number of hydrogen-bond donors (Lipinski definition) is 1. The Morgan fingerprint density at radius 3 is 2.11 bits per heavy atom. The first-order valence-corrected chi connectivity index (χ1v) is 12.2. The van der Waals surface area contributed by atoms with E-state index in [4.69, 9.17) is 10.5 Å². The van der Waals surface area contributed by atoms with Crippen molar-refractivity contribution in [2.75, 3.05) is 31.9 Å². The van der Waals surface area contributed by atoms with Gasteiger partial charge in [-0.2, -0.15) is 0 Å². The van der Waals surface area contributed by atoms with Crippen molar-refractivity contribution in [3.63, 3.8) is 0 Å². The molecule has 1 saturated heterocycles. The van der Waals surface area contributed by atoms with Gasteiger partial charge in [-0.15, -0.1) is 0 Å². The van der Waals surface area contributed by atoms with Gasteiger partial charge in [0, 0.05) is 50.4 Å². The van der Waals surface area contributed by atoms with Crippen molar-refractivity contribution in [2.45, 2.75) is 39.7 Å². The number of pyridine rings is 1. The van der Waals surface area contributed by atoms with Gasteiger partial charge in [0.1, 0.15) is 6.61 Å². The van der Waals surface area contributed by atoms with E-state index in [9.17, 15) is 9.59 Å². The lowest BCUT2D eigenvalue weighted by atomic mass is 9.87. The summed E-state index contributed by atoms with van der Waals surface area (Å²) in [6.45, 7) is 10.7. The van der Waals surface area contributed by atoms with Crippen LogP contribution in [-0.2, 0) is 16.8 Å². The minimum absolute atomic E-state index is 0.0262. The van der Waals surface area contributed by atoms with Gasteiger partial charge in [-0.1, -0.05) is 57.2 Å². The number of benzene rings is 2. The monoisotopic (exact) mass is 486 g/mol. The number of piperazine rings is 1. The number of rotatable bonds is 5. The topological polar surface area (TPSA) is 88.8 Å². The molecule has 1 fully saturated rings. The van der Waals surface area contributed by atoms with Gasteiger partial charge in [-0.3, -0.25) is 9.59 Å². The van der Waals surface area contributed by atoms with E-state index in [1.807, 2.05) is 30.3 Å². The second kappa shape index (κ2) is 10.4. The molecule has 188 valence electrons. The maximum Gasteiger partial charge on any atom is 0.253 e. The number of carbonyl (C=O) groups excluding carboxylic acids is 2. The van der Waals surface area contributed by atoms with Gasteiger partial charge in [0.05, 0.1) is 0 Å². The predicted octanol–water partition coefficient (Wildman–Crippen LogP) is 4.51. The summed E-state index contributed by atoms with van der Waals surface area (Å²) in [4.78, 5) is 32.3. The van der Waals surface area contributed by atoms with Crippen LogP contribution >= 0.6 is 0 Å². The van der Waals surface area contributed by atoms with Gasteiger partial charge >= 0.3 is 0 Å². The van der Waals surface area contributed by atoms with Crippen LogP contribution in [0.1, 0.15) is 49.2 Å². The van der Waals surface area contributed by atoms with Crippen LogP contribution in [0, 0.1) is 0 Å². The minimum Gasteiger partial charge on any atom is -0.485 e. The molecule has 7 heteroatoms. The average molecular weight is 487 g/mol. The Morgan fingerprint density at radius 2 is 1.53 bits per heavy atom. The molecule has 3 aromatic rings. The Morgan fingerprint density at radius 1 is 0.917 bits per heavy atom. The molecule has 2 aromatic carbocycles. The normalized spacial score (nSPS) is 14.0. The van der Waals surface area contributed by atoms with Crippen molar-refractivity contribution in [2.24, 2.45) is 0 Å². The molecule has 1 aliphatic heterocycles. The minimum atomic E-state index is -0.0262. The number of ether oxygens (including phenoxy) is 1. The number of nitrogens with two attached hydrogens (primary N) is 1. The van der Waals surface area contributed by atoms with E-state index >= 15 is 0 Å². The summed E-state index contributed by atoms with van der Waals surface area (Å²) in [6.07, 6.45) is 1.71. The summed E-state index contributed by atoms with van der Waals surface area (Å²) in [6, 6.07) is 17.7. The predicted molar refractivity (Wildman–Crippen MR) is 142 cm³/mol. The first-order valence-electron chi connectivity index (χ1n) is 12.2. The van der Waals surface area contributed by atoms with Crippen molar-refractivity contribution >= 4 is 17.6 Å². The molecule has 0 spiro atoms. The van der Waals surface area contributed by atoms with Crippen molar-refractivity contribution in [1.82, 2.24) is 14.8 Å². The zero-order valence-electron chi connectivity index (χ0n) is 21.5. The lowest BCUT2D eigenvalue weighted by Gasteiger charge is -2.34. The van der Waals surface area contributed by atoms with Crippen molar-refractivity contribution in [3.8, 4) is 16.9 Å². The summed E-state index contributed by atoms with van der Waals surface area (Å²) in [5.41, 5.74) is 10.9. The van der Waals surface area contributed by atoms with E-state index in [0.717, 1.165) is 16.7 Å².